The Labute approximate surface area is 179 Å². The highest BCUT2D eigenvalue weighted by Gasteiger charge is 2.40. The van der Waals surface area contributed by atoms with Crippen molar-refractivity contribution in [3.8, 4) is 0 Å². The summed E-state index contributed by atoms with van der Waals surface area (Å²) in [6.07, 6.45) is -4.00. The van der Waals surface area contributed by atoms with Crippen LogP contribution in [-0.2, 0) is 30.5 Å². The van der Waals surface area contributed by atoms with E-state index in [1.54, 1.807) is 0 Å². The minimum Gasteiger partial charge on any atom is -0.396 e. The van der Waals surface area contributed by atoms with Gasteiger partial charge in [0.25, 0.3) is 0 Å². The van der Waals surface area contributed by atoms with Crippen LogP contribution in [0.2, 0.25) is 0 Å². The van der Waals surface area contributed by atoms with Crippen LogP contribution in [0.25, 0.3) is 0 Å². The number of carbonyl (C=O) groups excluding carboxylic acids is 1. The van der Waals surface area contributed by atoms with E-state index in [2.05, 4.69) is 15.9 Å². The van der Waals surface area contributed by atoms with Crippen LogP contribution in [-0.4, -0.2) is 49.9 Å². The maximum Gasteiger partial charge on any atom is 0.451 e. The molecule has 1 aliphatic rings. The second-order valence-corrected chi connectivity index (χ2v) is 7.26. The molecule has 32 heavy (non-hydrogen) atoms. The van der Waals surface area contributed by atoms with Crippen molar-refractivity contribution >= 4 is 5.91 Å². The fraction of sp³-hybridized carbons (Fsp3) is 0.526. The van der Waals surface area contributed by atoms with Gasteiger partial charge in [0.15, 0.2) is 17.5 Å². The Kier molecular flexibility index (Phi) is 8.61. The Balaban J connectivity index is 0.000000837. The SMILES string of the molecule is CCCO.[NH3+]C(CC(=O)N1CCn2c(nnc2C(F)(F)F)C1)Cc1cc(F)c(F)cc1F. The number of alkyl halides is 3. The monoisotopic (exact) mass is 468 g/mol. The van der Waals surface area contributed by atoms with E-state index in [0.717, 1.165) is 17.1 Å². The number of halogens is 6. The Hall–Kier alpha value is -2.67. The summed E-state index contributed by atoms with van der Waals surface area (Å²) in [4.78, 5) is 13.7. The van der Waals surface area contributed by atoms with Crippen LogP contribution in [0.15, 0.2) is 12.1 Å². The van der Waals surface area contributed by atoms with Gasteiger partial charge < -0.3 is 20.3 Å². The molecule has 0 spiro atoms. The first-order valence-electron chi connectivity index (χ1n) is 9.82. The minimum atomic E-state index is -4.63. The van der Waals surface area contributed by atoms with Crippen molar-refractivity contribution in [3.63, 3.8) is 0 Å². The maximum atomic E-state index is 13.7. The second-order valence-electron chi connectivity index (χ2n) is 7.26. The molecule has 178 valence electrons. The van der Waals surface area contributed by atoms with Crippen molar-refractivity contribution in [2.75, 3.05) is 13.2 Å². The van der Waals surface area contributed by atoms with Crippen molar-refractivity contribution < 1.29 is 42.0 Å². The number of hydrogen-bond donors (Lipinski definition) is 2. The van der Waals surface area contributed by atoms with Crippen molar-refractivity contribution in [1.29, 1.82) is 0 Å². The fourth-order valence-electron chi connectivity index (χ4n) is 3.06. The molecule has 1 aromatic heterocycles. The van der Waals surface area contributed by atoms with E-state index >= 15 is 0 Å². The molecule has 1 amide bonds. The lowest BCUT2D eigenvalue weighted by Gasteiger charge is -2.28. The summed E-state index contributed by atoms with van der Waals surface area (Å²) < 4.78 is 79.4. The zero-order valence-electron chi connectivity index (χ0n) is 17.3. The molecular weight excluding hydrogens is 444 g/mol. The molecule has 0 radical (unpaired) electrons. The topological polar surface area (TPSA) is 98.9 Å². The van der Waals surface area contributed by atoms with E-state index in [1.165, 1.54) is 4.90 Å². The molecule has 1 atom stereocenters. The molecule has 0 bridgehead atoms. The highest BCUT2D eigenvalue weighted by molar-refractivity contribution is 5.76. The van der Waals surface area contributed by atoms with Crippen molar-refractivity contribution in [1.82, 2.24) is 19.7 Å². The van der Waals surface area contributed by atoms with Gasteiger partial charge in [-0.15, -0.1) is 10.2 Å². The molecule has 7 nitrogen and oxygen atoms in total. The Morgan fingerprint density at radius 1 is 1.16 bits per heavy atom. The van der Waals surface area contributed by atoms with E-state index in [1.807, 2.05) is 6.92 Å². The van der Waals surface area contributed by atoms with Crippen LogP contribution in [0.5, 0.6) is 0 Å². The number of aromatic nitrogens is 3. The molecule has 0 aliphatic carbocycles. The summed E-state index contributed by atoms with van der Waals surface area (Å²) >= 11 is 0. The van der Waals surface area contributed by atoms with Crippen LogP contribution >= 0.6 is 0 Å². The predicted molar refractivity (Wildman–Crippen MR) is 99.1 cm³/mol. The number of hydrogen-bond acceptors (Lipinski definition) is 4. The molecule has 3 rings (SSSR count). The van der Waals surface area contributed by atoms with Gasteiger partial charge in [0.2, 0.25) is 11.7 Å². The van der Waals surface area contributed by atoms with E-state index < -0.39 is 41.4 Å². The summed E-state index contributed by atoms with van der Waals surface area (Å²) in [6.45, 7) is 2.02. The summed E-state index contributed by atoms with van der Waals surface area (Å²) in [5.41, 5.74) is 3.62. The van der Waals surface area contributed by atoms with Crippen molar-refractivity contribution in [2.24, 2.45) is 0 Å². The number of fused-ring (bicyclic) bond motifs is 1. The third kappa shape index (κ3) is 6.42. The molecule has 4 N–H and O–H groups in total. The zero-order valence-corrected chi connectivity index (χ0v) is 17.3. The quantitative estimate of drug-likeness (QED) is 0.516. The number of carbonyl (C=O) groups is 1. The van der Waals surface area contributed by atoms with Crippen molar-refractivity contribution in [2.45, 2.75) is 51.5 Å². The number of benzene rings is 1. The maximum absolute atomic E-state index is 13.7. The molecule has 2 heterocycles. The molecule has 0 saturated carbocycles. The van der Waals surface area contributed by atoms with E-state index in [-0.39, 0.29) is 43.9 Å². The lowest BCUT2D eigenvalue weighted by atomic mass is 10.0. The van der Waals surface area contributed by atoms with Gasteiger partial charge in [-0.05, 0) is 18.1 Å². The Bertz CT molecular complexity index is 932. The molecular formula is C19H24F6N5O2+. The minimum absolute atomic E-state index is 0.0131. The van der Waals surface area contributed by atoms with Gasteiger partial charge in [0.05, 0.1) is 19.0 Å². The molecule has 0 fully saturated rings. The Morgan fingerprint density at radius 2 is 1.78 bits per heavy atom. The standard InChI is InChI=1S/C16H15F6N5O.C3H8O/c17-10-6-12(19)11(18)4-8(10)3-9(23)5-14(28)26-1-2-27-13(7-26)24-25-15(27)16(20,21)22;1-2-3-4/h4,6,9H,1-3,5,7,23H2;4H,2-3H2,1H3/p+1. The first kappa shape index (κ1) is 25.6. The normalized spacial score (nSPS) is 14.5. The highest BCUT2D eigenvalue weighted by atomic mass is 19.4. The van der Waals surface area contributed by atoms with Crippen LogP contribution in [0.4, 0.5) is 26.3 Å². The average molecular weight is 468 g/mol. The largest absolute Gasteiger partial charge is 0.451 e. The molecule has 0 saturated heterocycles. The van der Waals surface area contributed by atoms with Gasteiger partial charge in [0.1, 0.15) is 5.82 Å². The summed E-state index contributed by atoms with van der Waals surface area (Å²) in [6, 6.07) is 0.502. The fourth-order valence-corrected chi connectivity index (χ4v) is 3.06. The van der Waals surface area contributed by atoms with E-state index in [4.69, 9.17) is 5.11 Å². The Morgan fingerprint density at radius 3 is 2.38 bits per heavy atom. The van der Waals surface area contributed by atoms with Gasteiger partial charge in [-0.25, -0.2) is 13.2 Å². The third-order valence-electron chi connectivity index (χ3n) is 4.64. The summed E-state index contributed by atoms with van der Waals surface area (Å²) in [5.74, 6) is -4.96. The van der Waals surface area contributed by atoms with E-state index in [9.17, 15) is 31.1 Å². The van der Waals surface area contributed by atoms with Gasteiger partial charge in [-0.1, -0.05) is 6.92 Å². The van der Waals surface area contributed by atoms with Gasteiger partial charge in [-0.2, -0.15) is 13.2 Å². The average Bonchev–Trinajstić information content (AvgIpc) is 3.16. The third-order valence-corrected chi connectivity index (χ3v) is 4.64. The van der Waals surface area contributed by atoms with Crippen LogP contribution in [0.1, 0.15) is 37.0 Å². The van der Waals surface area contributed by atoms with Gasteiger partial charge >= 0.3 is 6.18 Å². The van der Waals surface area contributed by atoms with Crippen LogP contribution in [0, 0.1) is 17.5 Å². The molecule has 13 heteroatoms. The first-order valence-corrected chi connectivity index (χ1v) is 9.82. The molecule has 2 aromatic rings. The van der Waals surface area contributed by atoms with E-state index in [0.29, 0.717) is 12.7 Å². The highest BCUT2D eigenvalue weighted by Crippen LogP contribution is 2.29. The van der Waals surface area contributed by atoms with Crippen LogP contribution in [0.3, 0.4) is 0 Å². The molecule has 1 aliphatic heterocycles. The first-order chi connectivity index (χ1) is 15.0. The zero-order chi connectivity index (χ0) is 24.1. The number of nitrogens with zero attached hydrogens (tertiary/aromatic N) is 4. The number of aliphatic hydroxyl groups is 1. The summed E-state index contributed by atoms with van der Waals surface area (Å²) in [7, 11) is 0. The number of amides is 1. The van der Waals surface area contributed by atoms with Gasteiger partial charge in [-0.3, -0.25) is 4.79 Å². The molecule has 1 unspecified atom stereocenters. The lowest BCUT2D eigenvalue weighted by Crippen LogP contribution is -2.63. The lowest BCUT2D eigenvalue weighted by molar-refractivity contribution is -0.418. The van der Waals surface area contributed by atoms with Crippen molar-refractivity contribution in [3.05, 3.63) is 46.8 Å². The summed E-state index contributed by atoms with van der Waals surface area (Å²) in [5, 5.41) is 14.5. The number of aliphatic hydroxyl groups excluding tert-OH is 1. The predicted octanol–water partition coefficient (Wildman–Crippen LogP) is 1.69. The second kappa shape index (κ2) is 10.8. The number of rotatable bonds is 5. The smallest absolute Gasteiger partial charge is 0.396 e. The van der Waals surface area contributed by atoms with Crippen LogP contribution < -0.4 is 5.73 Å². The molecule has 1 aromatic carbocycles. The number of quaternary nitrogens is 1. The van der Waals surface area contributed by atoms with Gasteiger partial charge in [0, 0.05) is 32.2 Å².